The number of nitrogens with one attached hydrogen (secondary N) is 1. The lowest BCUT2D eigenvalue weighted by Crippen LogP contribution is -2.44. The van der Waals surface area contributed by atoms with Crippen LogP contribution in [0.5, 0.6) is 17.2 Å². The van der Waals surface area contributed by atoms with Crippen LogP contribution in [-0.4, -0.2) is 55.4 Å². The van der Waals surface area contributed by atoms with E-state index < -0.39 is 30.4 Å². The molecule has 2 atom stereocenters. The highest BCUT2D eigenvalue weighted by molar-refractivity contribution is 5.68. The van der Waals surface area contributed by atoms with Gasteiger partial charge >= 0.3 is 6.09 Å². The molecule has 0 saturated carbocycles. The van der Waals surface area contributed by atoms with Crippen molar-refractivity contribution in [3.63, 3.8) is 0 Å². The summed E-state index contributed by atoms with van der Waals surface area (Å²) < 4.78 is 21.6. The topological polar surface area (TPSA) is 106 Å². The van der Waals surface area contributed by atoms with Crippen LogP contribution in [0.25, 0.3) is 0 Å². The molecule has 0 spiro atoms. The highest BCUT2D eigenvalue weighted by Gasteiger charge is 2.30. The molecule has 0 unspecified atom stereocenters. The van der Waals surface area contributed by atoms with Gasteiger partial charge in [0.05, 0.1) is 26.9 Å². The van der Waals surface area contributed by atoms with Crippen LogP contribution >= 0.6 is 0 Å². The number of carbonyl (C=O) groups is 1. The second kappa shape index (κ2) is 10.2. The number of aliphatic hydroxyl groups excluding tert-OH is 2. The number of carbonyl (C=O) groups excluding carboxylic acids is 1. The average Bonchev–Trinajstić information content (AvgIpc) is 2.62. The van der Waals surface area contributed by atoms with Crippen LogP contribution in [0, 0.1) is 6.92 Å². The molecule has 3 N–H and O–H groups in total. The lowest BCUT2D eigenvalue weighted by atomic mass is 9.98. The number of benzene rings is 1. The molecule has 1 aromatic rings. The predicted octanol–water partition coefficient (Wildman–Crippen LogP) is 2.50. The van der Waals surface area contributed by atoms with Crippen LogP contribution < -0.4 is 19.5 Å². The van der Waals surface area contributed by atoms with E-state index in [0.717, 1.165) is 0 Å². The van der Waals surface area contributed by atoms with Crippen LogP contribution in [0.3, 0.4) is 0 Å². The molecule has 1 amide bonds. The Morgan fingerprint density at radius 1 is 1.29 bits per heavy atom. The van der Waals surface area contributed by atoms with E-state index in [4.69, 9.17) is 18.9 Å². The Kier molecular flexibility index (Phi) is 8.59. The number of hydrogen-bond donors (Lipinski definition) is 3. The fourth-order valence-corrected chi connectivity index (χ4v) is 2.64. The van der Waals surface area contributed by atoms with E-state index in [1.165, 1.54) is 14.2 Å². The second-order valence-corrected chi connectivity index (χ2v) is 7.14. The third-order valence-corrected chi connectivity index (χ3v) is 3.82. The van der Waals surface area contributed by atoms with Gasteiger partial charge in [0.15, 0.2) is 11.5 Å². The molecule has 1 aromatic carbocycles. The standard InChI is InChI=1S/C20H31NO7/c1-8-9-27-17-12(2)18(26-7)15(25-6)10-13(17)16(23)14(11-22)21-19(24)28-20(3,4)5/h8,10,14,16,22-23H,1,9,11H2,2-7H3,(H,21,24)/t14-,16-/m1/s1. The van der Waals surface area contributed by atoms with Crippen molar-refractivity contribution in [1.82, 2.24) is 5.32 Å². The first-order valence-corrected chi connectivity index (χ1v) is 8.87. The zero-order valence-corrected chi connectivity index (χ0v) is 17.4. The summed E-state index contributed by atoms with van der Waals surface area (Å²) >= 11 is 0. The number of rotatable bonds is 9. The van der Waals surface area contributed by atoms with E-state index in [1.807, 2.05) is 0 Å². The number of methoxy groups -OCH3 is 2. The molecular formula is C20H31NO7. The third kappa shape index (κ3) is 6.03. The quantitative estimate of drug-likeness (QED) is 0.550. The van der Waals surface area contributed by atoms with Crippen molar-refractivity contribution in [2.24, 2.45) is 0 Å². The van der Waals surface area contributed by atoms with E-state index in [1.54, 1.807) is 39.8 Å². The van der Waals surface area contributed by atoms with E-state index in [2.05, 4.69) is 11.9 Å². The molecule has 0 fully saturated rings. The van der Waals surface area contributed by atoms with Gasteiger partial charge in [-0.3, -0.25) is 0 Å². The zero-order chi connectivity index (χ0) is 21.5. The van der Waals surface area contributed by atoms with E-state index in [-0.39, 0.29) is 6.61 Å². The fourth-order valence-electron chi connectivity index (χ4n) is 2.64. The molecule has 0 aliphatic heterocycles. The summed E-state index contributed by atoms with van der Waals surface area (Å²) in [7, 11) is 2.97. The summed E-state index contributed by atoms with van der Waals surface area (Å²) in [6.45, 7) is 10.2. The summed E-state index contributed by atoms with van der Waals surface area (Å²) in [5, 5.41) is 23.1. The molecular weight excluding hydrogens is 366 g/mol. The van der Waals surface area contributed by atoms with Gasteiger partial charge in [-0.15, -0.1) is 0 Å². The molecule has 0 aliphatic carbocycles. The summed E-state index contributed by atoms with van der Waals surface area (Å²) in [6, 6.07) is 0.521. The van der Waals surface area contributed by atoms with Crippen molar-refractivity contribution in [3.05, 3.63) is 29.8 Å². The molecule has 0 heterocycles. The number of amides is 1. The van der Waals surface area contributed by atoms with Gasteiger partial charge in [0.1, 0.15) is 24.1 Å². The third-order valence-electron chi connectivity index (χ3n) is 3.82. The fraction of sp³-hybridized carbons (Fsp3) is 0.550. The first-order valence-electron chi connectivity index (χ1n) is 8.87. The Labute approximate surface area is 166 Å². The van der Waals surface area contributed by atoms with Gasteiger partial charge < -0.3 is 34.5 Å². The van der Waals surface area contributed by atoms with Crippen LogP contribution in [0.1, 0.15) is 38.0 Å². The van der Waals surface area contributed by atoms with Crippen molar-refractivity contribution < 1.29 is 34.0 Å². The van der Waals surface area contributed by atoms with Crippen LogP contribution in [-0.2, 0) is 4.74 Å². The Morgan fingerprint density at radius 3 is 2.39 bits per heavy atom. The van der Waals surface area contributed by atoms with Crippen molar-refractivity contribution >= 4 is 6.09 Å². The molecule has 158 valence electrons. The predicted molar refractivity (Wildman–Crippen MR) is 105 cm³/mol. The Balaban J connectivity index is 3.31. The van der Waals surface area contributed by atoms with Gasteiger partial charge in [-0.2, -0.15) is 0 Å². The lowest BCUT2D eigenvalue weighted by Gasteiger charge is -2.28. The Bertz CT molecular complexity index is 682. The first kappa shape index (κ1) is 23.6. The molecule has 0 aliphatic rings. The van der Waals surface area contributed by atoms with Gasteiger partial charge in [-0.25, -0.2) is 4.79 Å². The summed E-state index contributed by atoms with van der Waals surface area (Å²) in [5.41, 5.74) is 0.214. The highest BCUT2D eigenvalue weighted by Crippen LogP contribution is 2.42. The molecule has 8 heteroatoms. The molecule has 1 rings (SSSR count). The highest BCUT2D eigenvalue weighted by atomic mass is 16.6. The van der Waals surface area contributed by atoms with Gasteiger partial charge in [0, 0.05) is 11.1 Å². The maximum atomic E-state index is 12.1. The normalized spacial score (nSPS) is 13.3. The Hall–Kier alpha value is -2.45. The minimum Gasteiger partial charge on any atom is -0.493 e. The van der Waals surface area contributed by atoms with Crippen molar-refractivity contribution in [2.75, 3.05) is 27.4 Å². The number of hydrogen-bond acceptors (Lipinski definition) is 7. The van der Waals surface area contributed by atoms with E-state index in [0.29, 0.717) is 28.4 Å². The summed E-state index contributed by atoms with van der Waals surface area (Å²) in [5.74, 6) is 1.20. The number of alkyl carbamates (subject to hydrolysis) is 1. The van der Waals surface area contributed by atoms with Crippen LogP contribution in [0.2, 0.25) is 0 Å². The smallest absolute Gasteiger partial charge is 0.408 e. The maximum absolute atomic E-state index is 12.1. The SMILES string of the molecule is C=CCOc1c([C@@H](O)[C@@H](CO)NC(=O)OC(C)(C)C)cc(OC)c(OC)c1C. The minimum atomic E-state index is -1.30. The van der Waals surface area contributed by atoms with E-state index in [9.17, 15) is 15.0 Å². The molecule has 0 radical (unpaired) electrons. The zero-order valence-electron chi connectivity index (χ0n) is 17.4. The van der Waals surface area contributed by atoms with Crippen LogP contribution in [0.4, 0.5) is 4.79 Å². The molecule has 0 saturated heterocycles. The maximum Gasteiger partial charge on any atom is 0.408 e. The lowest BCUT2D eigenvalue weighted by molar-refractivity contribution is 0.0344. The molecule has 0 bridgehead atoms. The summed E-state index contributed by atoms with van der Waals surface area (Å²) in [4.78, 5) is 12.1. The van der Waals surface area contributed by atoms with Gasteiger partial charge in [-0.1, -0.05) is 12.7 Å². The number of aliphatic hydroxyl groups is 2. The van der Waals surface area contributed by atoms with Gasteiger partial charge in [0.25, 0.3) is 0 Å². The second-order valence-electron chi connectivity index (χ2n) is 7.14. The van der Waals surface area contributed by atoms with Crippen molar-refractivity contribution in [3.8, 4) is 17.2 Å². The average molecular weight is 397 g/mol. The van der Waals surface area contributed by atoms with Gasteiger partial charge in [0.2, 0.25) is 0 Å². The largest absolute Gasteiger partial charge is 0.493 e. The Morgan fingerprint density at radius 2 is 1.93 bits per heavy atom. The molecule has 0 aromatic heterocycles. The van der Waals surface area contributed by atoms with E-state index >= 15 is 0 Å². The van der Waals surface area contributed by atoms with Crippen molar-refractivity contribution in [1.29, 1.82) is 0 Å². The minimum absolute atomic E-state index is 0.194. The van der Waals surface area contributed by atoms with Gasteiger partial charge in [-0.05, 0) is 33.8 Å². The monoisotopic (exact) mass is 397 g/mol. The van der Waals surface area contributed by atoms with Crippen molar-refractivity contribution in [2.45, 2.75) is 45.4 Å². The number of ether oxygens (including phenoxy) is 4. The molecule has 28 heavy (non-hydrogen) atoms. The van der Waals surface area contributed by atoms with Crippen LogP contribution in [0.15, 0.2) is 18.7 Å². The first-order chi connectivity index (χ1) is 13.1. The molecule has 8 nitrogen and oxygen atoms in total. The summed E-state index contributed by atoms with van der Waals surface area (Å²) in [6.07, 6.45) is -0.485.